The van der Waals surface area contributed by atoms with Crippen LogP contribution >= 0.6 is 0 Å². The van der Waals surface area contributed by atoms with E-state index in [1.54, 1.807) is 4.90 Å². The largest absolute Gasteiger partial charge is 0.489 e. The van der Waals surface area contributed by atoms with Crippen LogP contribution in [0.15, 0.2) is 36.4 Å². The normalized spacial score (nSPS) is 23.9. The van der Waals surface area contributed by atoms with E-state index in [9.17, 15) is 23.6 Å². The predicted molar refractivity (Wildman–Crippen MR) is 181 cm³/mol. The zero-order valence-corrected chi connectivity index (χ0v) is 28.3. The van der Waals surface area contributed by atoms with Crippen molar-refractivity contribution in [2.75, 3.05) is 44.6 Å². The minimum atomic E-state index is -0.931. The van der Waals surface area contributed by atoms with Crippen LogP contribution in [-0.2, 0) is 9.59 Å². The Balaban J connectivity index is 1.24. The molecule has 2 aromatic carbocycles. The number of nitrogens with zero attached hydrogens (tertiary/aromatic N) is 3. The van der Waals surface area contributed by atoms with Crippen LogP contribution in [0.5, 0.6) is 5.75 Å². The molecule has 0 spiro atoms. The lowest BCUT2D eigenvalue weighted by molar-refractivity contribution is -0.127. The number of carbonyl (C=O) groups is 4. The molecule has 2 aromatic rings. The van der Waals surface area contributed by atoms with E-state index in [-0.39, 0.29) is 54.7 Å². The smallest absolute Gasteiger partial charge is 0.254 e. The van der Waals surface area contributed by atoms with Gasteiger partial charge in [0.2, 0.25) is 11.8 Å². The van der Waals surface area contributed by atoms with E-state index in [1.807, 2.05) is 18.2 Å². The Hall–Kier alpha value is -3.99. The molecule has 3 saturated heterocycles. The van der Waals surface area contributed by atoms with Crippen molar-refractivity contribution in [3.05, 3.63) is 58.9 Å². The molecule has 0 bridgehead atoms. The number of piperazine rings is 1. The first-order valence-corrected chi connectivity index (χ1v) is 17.6. The quantitative estimate of drug-likeness (QED) is 0.354. The zero-order valence-electron chi connectivity index (χ0n) is 28.3. The van der Waals surface area contributed by atoms with Crippen molar-refractivity contribution in [2.45, 2.75) is 89.8 Å². The lowest BCUT2D eigenvalue weighted by atomic mass is 9.83. The maximum Gasteiger partial charge on any atom is 0.254 e. The number of benzene rings is 2. The predicted octanol–water partition coefficient (Wildman–Crippen LogP) is 4.80. The molecule has 3 unspecified atom stereocenters. The molecule has 6 rings (SSSR count). The summed E-state index contributed by atoms with van der Waals surface area (Å²) in [5.41, 5.74) is 1.81. The van der Waals surface area contributed by atoms with E-state index in [2.05, 4.69) is 29.4 Å². The fraction of sp³-hybridized carbons (Fsp3) is 0.568. The topological polar surface area (TPSA) is 111 Å². The van der Waals surface area contributed by atoms with Crippen LogP contribution in [0.1, 0.15) is 97.9 Å². The minimum Gasteiger partial charge on any atom is -0.489 e. The van der Waals surface area contributed by atoms with Crippen molar-refractivity contribution in [1.29, 1.82) is 0 Å². The minimum absolute atomic E-state index is 0.0416. The highest BCUT2D eigenvalue weighted by Gasteiger charge is 2.45. The fourth-order valence-electron chi connectivity index (χ4n) is 7.47. The summed E-state index contributed by atoms with van der Waals surface area (Å²) >= 11 is 0. The number of halogens is 1. The second-order valence-corrected chi connectivity index (χ2v) is 14.3. The summed E-state index contributed by atoms with van der Waals surface area (Å²) in [4.78, 5) is 58.6. The number of rotatable bonds is 10. The molecule has 48 heavy (non-hydrogen) atoms. The first-order valence-electron chi connectivity index (χ1n) is 17.6. The number of ether oxygens (including phenoxy) is 1. The second kappa shape index (κ2) is 14.6. The molecule has 4 aliphatic rings. The monoisotopic (exact) mass is 661 g/mol. The van der Waals surface area contributed by atoms with Crippen LogP contribution in [0.3, 0.4) is 0 Å². The van der Waals surface area contributed by atoms with Gasteiger partial charge in [-0.2, -0.15) is 0 Å². The molecular weight excluding hydrogens is 613 g/mol. The molecule has 0 aromatic heterocycles. The Morgan fingerprint density at radius 2 is 1.73 bits per heavy atom. The molecule has 0 radical (unpaired) electrons. The molecule has 2 N–H and O–H groups in total. The maximum atomic E-state index is 14.4. The van der Waals surface area contributed by atoms with Crippen molar-refractivity contribution < 1.29 is 28.3 Å². The fourth-order valence-corrected chi connectivity index (χ4v) is 7.47. The second-order valence-electron chi connectivity index (χ2n) is 14.3. The molecule has 3 heterocycles. The molecular formula is C37H48FN5O5. The molecule has 1 saturated carbocycles. The van der Waals surface area contributed by atoms with Crippen LogP contribution in [-0.4, -0.2) is 95.8 Å². The summed E-state index contributed by atoms with van der Waals surface area (Å²) in [6.45, 7) is 8.26. The van der Waals surface area contributed by atoms with Crippen molar-refractivity contribution in [3.63, 3.8) is 0 Å². The Labute approximate surface area is 282 Å². The van der Waals surface area contributed by atoms with Crippen LogP contribution < -0.4 is 15.4 Å². The molecule has 3 aliphatic heterocycles. The van der Waals surface area contributed by atoms with E-state index in [0.29, 0.717) is 30.0 Å². The third-order valence-corrected chi connectivity index (χ3v) is 10.1. The number of fused-ring (bicyclic) bond motifs is 1. The highest BCUT2D eigenvalue weighted by atomic mass is 19.1. The average molecular weight is 662 g/mol. The van der Waals surface area contributed by atoms with E-state index in [0.717, 1.165) is 75.1 Å². The highest BCUT2D eigenvalue weighted by Crippen LogP contribution is 2.40. The van der Waals surface area contributed by atoms with Gasteiger partial charge in [0.25, 0.3) is 11.8 Å². The Morgan fingerprint density at radius 3 is 2.44 bits per heavy atom. The van der Waals surface area contributed by atoms with Gasteiger partial charge in [0.05, 0.1) is 6.54 Å². The van der Waals surface area contributed by atoms with Gasteiger partial charge in [-0.15, -0.1) is 0 Å². The summed E-state index contributed by atoms with van der Waals surface area (Å²) in [7, 11) is 0. The van der Waals surface area contributed by atoms with Crippen LogP contribution in [0.4, 0.5) is 10.1 Å². The summed E-state index contributed by atoms with van der Waals surface area (Å²) in [5, 5.41) is 5.50. The number of hydrogen-bond acceptors (Lipinski definition) is 6. The summed E-state index contributed by atoms with van der Waals surface area (Å²) in [5.74, 6) is -0.564. The molecule has 10 nitrogen and oxygen atoms in total. The first kappa shape index (κ1) is 33.9. The highest BCUT2D eigenvalue weighted by molar-refractivity contribution is 6.00. The van der Waals surface area contributed by atoms with Crippen molar-refractivity contribution in [3.8, 4) is 5.75 Å². The van der Waals surface area contributed by atoms with E-state index in [4.69, 9.17) is 4.74 Å². The number of nitrogens with one attached hydrogen (secondary N) is 2. The third-order valence-electron chi connectivity index (χ3n) is 10.1. The Morgan fingerprint density at radius 1 is 0.938 bits per heavy atom. The van der Waals surface area contributed by atoms with Crippen molar-refractivity contribution in [2.24, 2.45) is 5.92 Å². The van der Waals surface area contributed by atoms with Gasteiger partial charge in [-0.3, -0.25) is 24.1 Å². The SMILES string of the molecule is CC(=O)Nc1cc(F)cc(C(=O)N2CCN(C(=O)c3ccc(O[C@H]4CC5CN5C4)c(C4CCCCC4)c3)C(C(=O)NCCC(C)C)C2)c1. The summed E-state index contributed by atoms with van der Waals surface area (Å²) in [6, 6.07) is 9.11. The van der Waals surface area contributed by atoms with Crippen LogP contribution in [0.25, 0.3) is 0 Å². The van der Waals surface area contributed by atoms with Gasteiger partial charge in [0, 0.05) is 68.9 Å². The first-order chi connectivity index (χ1) is 23.0. The van der Waals surface area contributed by atoms with Crippen molar-refractivity contribution >= 4 is 29.3 Å². The van der Waals surface area contributed by atoms with E-state index in [1.165, 1.54) is 24.3 Å². The maximum absolute atomic E-state index is 14.4. The lowest BCUT2D eigenvalue weighted by Gasteiger charge is -2.40. The molecule has 4 fully saturated rings. The van der Waals surface area contributed by atoms with Gasteiger partial charge < -0.3 is 25.2 Å². The number of anilines is 1. The summed E-state index contributed by atoms with van der Waals surface area (Å²) < 4.78 is 21.0. The van der Waals surface area contributed by atoms with Gasteiger partial charge >= 0.3 is 0 Å². The van der Waals surface area contributed by atoms with Gasteiger partial charge in [0.15, 0.2) is 0 Å². The van der Waals surface area contributed by atoms with Gasteiger partial charge in [0.1, 0.15) is 23.7 Å². The van der Waals surface area contributed by atoms with Crippen LogP contribution in [0, 0.1) is 11.7 Å². The van der Waals surface area contributed by atoms with Gasteiger partial charge in [-0.1, -0.05) is 33.1 Å². The molecule has 1 aliphatic carbocycles. The number of amides is 4. The van der Waals surface area contributed by atoms with Crippen molar-refractivity contribution in [1.82, 2.24) is 20.0 Å². The molecule has 258 valence electrons. The lowest BCUT2D eigenvalue weighted by Crippen LogP contribution is -2.61. The molecule has 4 amide bonds. The van der Waals surface area contributed by atoms with Gasteiger partial charge in [-0.05, 0) is 73.1 Å². The third kappa shape index (κ3) is 7.99. The molecule has 11 heteroatoms. The summed E-state index contributed by atoms with van der Waals surface area (Å²) in [6.07, 6.45) is 7.58. The molecule has 4 atom stereocenters. The number of piperidine rings is 1. The Kier molecular flexibility index (Phi) is 10.3. The van der Waals surface area contributed by atoms with E-state index < -0.39 is 17.8 Å². The Bertz CT molecular complexity index is 1530. The number of hydrogen-bond donors (Lipinski definition) is 2. The number of carbonyl (C=O) groups excluding carboxylic acids is 4. The van der Waals surface area contributed by atoms with E-state index >= 15 is 0 Å². The standard InChI is InChI=1S/C37H48FN5O5/c1-23(2)11-12-39-35(45)33-22-41(36(46)27-15-28(38)18-29(16-27)40-24(3)44)13-14-43(33)37(47)26-9-10-34(48-31-19-30-20-42(30)21-31)32(17-26)25-7-5-4-6-8-25/h9-10,15-18,23,25,30-31,33H,4-8,11-14,19-22H2,1-3H3,(H,39,45)(H,40,44)/t30?,31-,33?,42?/m0/s1. The van der Waals surface area contributed by atoms with Crippen LogP contribution in [0.2, 0.25) is 0 Å². The average Bonchev–Trinajstić information content (AvgIpc) is 3.68. The zero-order chi connectivity index (χ0) is 33.9. The van der Waals surface area contributed by atoms with Gasteiger partial charge in [-0.25, -0.2) is 4.39 Å².